The second kappa shape index (κ2) is 6.98. The Kier molecular flexibility index (Phi) is 4.57. The number of hydrogen-bond donors (Lipinski definition) is 0. The molecule has 0 amide bonds. The molecule has 2 aromatic heterocycles. The molecule has 0 bridgehead atoms. The zero-order valence-corrected chi connectivity index (χ0v) is 14.1. The van der Waals surface area contributed by atoms with E-state index in [1.54, 1.807) is 6.33 Å². The molecule has 8 nitrogen and oxygen atoms in total. The van der Waals surface area contributed by atoms with Crippen LogP contribution in [-0.4, -0.2) is 49.5 Å². The topological polar surface area (TPSA) is 82.1 Å². The Bertz CT molecular complexity index is 663. The Balaban J connectivity index is 1.39. The van der Waals surface area contributed by atoms with E-state index in [1.165, 1.54) is 25.7 Å². The average Bonchev–Trinajstić information content (AvgIpc) is 3.35. The van der Waals surface area contributed by atoms with Gasteiger partial charge in [-0.1, -0.05) is 18.0 Å². The lowest BCUT2D eigenvalue weighted by atomic mass is 10.1. The van der Waals surface area contributed by atoms with Gasteiger partial charge in [0.2, 0.25) is 5.89 Å². The van der Waals surface area contributed by atoms with Gasteiger partial charge in [-0.05, 0) is 19.8 Å². The van der Waals surface area contributed by atoms with E-state index in [2.05, 4.69) is 32.2 Å². The van der Waals surface area contributed by atoms with Crippen molar-refractivity contribution in [3.8, 4) is 0 Å². The highest BCUT2D eigenvalue weighted by Crippen LogP contribution is 2.32. The number of morpholine rings is 1. The van der Waals surface area contributed by atoms with E-state index in [-0.39, 0.29) is 6.10 Å². The maximum atomic E-state index is 5.89. The van der Waals surface area contributed by atoms with Crippen molar-refractivity contribution in [2.45, 2.75) is 57.7 Å². The summed E-state index contributed by atoms with van der Waals surface area (Å²) in [5.41, 5.74) is 0. The maximum Gasteiger partial charge on any atom is 0.240 e. The number of aromatic nitrogens is 5. The SMILES string of the molecule is CCn1cnnc1[C@@H]1CN(Cc2nc(C3CCCC3)no2)CCO1. The number of rotatable bonds is 5. The zero-order chi connectivity index (χ0) is 16.4. The molecule has 2 fully saturated rings. The van der Waals surface area contributed by atoms with Crippen molar-refractivity contribution in [3.63, 3.8) is 0 Å². The molecule has 1 aliphatic heterocycles. The number of aryl methyl sites for hydroxylation is 1. The highest BCUT2D eigenvalue weighted by molar-refractivity contribution is 4.99. The van der Waals surface area contributed by atoms with Crippen LogP contribution < -0.4 is 0 Å². The van der Waals surface area contributed by atoms with E-state index < -0.39 is 0 Å². The van der Waals surface area contributed by atoms with Crippen molar-refractivity contribution in [2.75, 3.05) is 19.7 Å². The van der Waals surface area contributed by atoms with Crippen LogP contribution in [0.25, 0.3) is 0 Å². The van der Waals surface area contributed by atoms with Gasteiger partial charge in [0.05, 0.1) is 13.2 Å². The molecule has 0 unspecified atom stereocenters. The Morgan fingerprint density at radius 1 is 1.29 bits per heavy atom. The maximum absolute atomic E-state index is 5.89. The first-order chi connectivity index (χ1) is 11.8. The third kappa shape index (κ3) is 3.21. The summed E-state index contributed by atoms with van der Waals surface area (Å²) >= 11 is 0. The van der Waals surface area contributed by atoms with Crippen LogP contribution in [0.3, 0.4) is 0 Å². The monoisotopic (exact) mass is 332 g/mol. The standard InChI is InChI=1S/C16H24N6O2/c1-2-22-11-17-19-16(22)13-9-21(7-8-23-13)10-14-18-15(20-24-14)12-5-3-4-6-12/h11-13H,2-10H2,1H3/t13-/m0/s1. The molecule has 0 radical (unpaired) electrons. The molecular weight excluding hydrogens is 308 g/mol. The second-order valence-electron chi connectivity index (χ2n) is 6.60. The minimum Gasteiger partial charge on any atom is -0.368 e. The van der Waals surface area contributed by atoms with Gasteiger partial charge in [0.1, 0.15) is 12.4 Å². The lowest BCUT2D eigenvalue weighted by Gasteiger charge is -2.31. The van der Waals surface area contributed by atoms with Crippen LogP contribution in [0, 0.1) is 0 Å². The highest BCUT2D eigenvalue weighted by atomic mass is 16.5. The van der Waals surface area contributed by atoms with Crippen molar-refractivity contribution in [1.29, 1.82) is 0 Å². The van der Waals surface area contributed by atoms with Gasteiger partial charge in [0.15, 0.2) is 11.6 Å². The first kappa shape index (κ1) is 15.7. The molecular formula is C16H24N6O2. The van der Waals surface area contributed by atoms with Crippen LogP contribution in [-0.2, 0) is 17.8 Å². The molecule has 8 heteroatoms. The van der Waals surface area contributed by atoms with Crippen LogP contribution in [0.15, 0.2) is 10.9 Å². The van der Waals surface area contributed by atoms with Gasteiger partial charge in [-0.3, -0.25) is 4.90 Å². The van der Waals surface area contributed by atoms with E-state index in [1.807, 2.05) is 4.57 Å². The molecule has 0 spiro atoms. The first-order valence-corrected chi connectivity index (χ1v) is 8.87. The number of nitrogens with zero attached hydrogens (tertiary/aromatic N) is 6. The van der Waals surface area contributed by atoms with Crippen molar-refractivity contribution < 1.29 is 9.26 Å². The number of ether oxygens (including phenoxy) is 1. The highest BCUT2D eigenvalue weighted by Gasteiger charge is 2.28. The molecule has 24 heavy (non-hydrogen) atoms. The fourth-order valence-electron chi connectivity index (χ4n) is 3.63. The number of hydrogen-bond acceptors (Lipinski definition) is 7. The van der Waals surface area contributed by atoms with Crippen molar-refractivity contribution in [3.05, 3.63) is 23.9 Å². The van der Waals surface area contributed by atoms with E-state index >= 15 is 0 Å². The molecule has 0 aromatic carbocycles. The second-order valence-corrected chi connectivity index (χ2v) is 6.60. The molecule has 1 atom stereocenters. The Morgan fingerprint density at radius 3 is 3.00 bits per heavy atom. The van der Waals surface area contributed by atoms with Gasteiger partial charge in [-0.25, -0.2) is 0 Å². The van der Waals surface area contributed by atoms with Crippen LogP contribution in [0.1, 0.15) is 62.2 Å². The normalized spacial score (nSPS) is 23.1. The van der Waals surface area contributed by atoms with Gasteiger partial charge in [-0.15, -0.1) is 10.2 Å². The van der Waals surface area contributed by atoms with Gasteiger partial charge >= 0.3 is 0 Å². The quantitative estimate of drug-likeness (QED) is 0.827. The lowest BCUT2D eigenvalue weighted by molar-refractivity contribution is -0.0414. The average molecular weight is 332 g/mol. The van der Waals surface area contributed by atoms with Crippen molar-refractivity contribution in [2.24, 2.45) is 0 Å². The van der Waals surface area contributed by atoms with Gasteiger partial charge in [0, 0.05) is 25.6 Å². The third-order valence-electron chi connectivity index (χ3n) is 4.99. The Hall–Kier alpha value is -1.80. The lowest BCUT2D eigenvalue weighted by Crippen LogP contribution is -2.38. The van der Waals surface area contributed by atoms with Crippen LogP contribution in [0.4, 0.5) is 0 Å². The first-order valence-electron chi connectivity index (χ1n) is 8.87. The zero-order valence-electron chi connectivity index (χ0n) is 14.1. The third-order valence-corrected chi connectivity index (χ3v) is 4.99. The molecule has 3 heterocycles. The van der Waals surface area contributed by atoms with Crippen LogP contribution in [0.2, 0.25) is 0 Å². The molecule has 1 saturated heterocycles. The van der Waals surface area contributed by atoms with Crippen molar-refractivity contribution in [1.82, 2.24) is 29.8 Å². The molecule has 4 rings (SSSR count). The van der Waals surface area contributed by atoms with Gasteiger partial charge < -0.3 is 13.8 Å². The Morgan fingerprint density at radius 2 is 2.17 bits per heavy atom. The van der Waals surface area contributed by atoms with Gasteiger partial charge in [-0.2, -0.15) is 4.98 Å². The summed E-state index contributed by atoms with van der Waals surface area (Å²) in [5, 5.41) is 12.4. The minimum atomic E-state index is -0.0570. The molecule has 130 valence electrons. The summed E-state index contributed by atoms with van der Waals surface area (Å²) < 4.78 is 13.4. The molecule has 0 N–H and O–H groups in total. The summed E-state index contributed by atoms with van der Waals surface area (Å²) in [4.78, 5) is 6.90. The predicted octanol–water partition coefficient (Wildman–Crippen LogP) is 1.91. The van der Waals surface area contributed by atoms with Crippen LogP contribution >= 0.6 is 0 Å². The summed E-state index contributed by atoms with van der Waals surface area (Å²) in [6.45, 7) is 5.88. The van der Waals surface area contributed by atoms with E-state index in [4.69, 9.17) is 9.26 Å². The molecule has 1 aliphatic carbocycles. The summed E-state index contributed by atoms with van der Waals surface area (Å²) in [7, 11) is 0. The molecule has 2 aliphatic rings. The summed E-state index contributed by atoms with van der Waals surface area (Å²) in [5.74, 6) is 2.97. The fourth-order valence-corrected chi connectivity index (χ4v) is 3.63. The largest absolute Gasteiger partial charge is 0.368 e. The Labute approximate surface area is 141 Å². The molecule has 2 aromatic rings. The smallest absolute Gasteiger partial charge is 0.240 e. The van der Waals surface area contributed by atoms with Crippen molar-refractivity contribution >= 4 is 0 Å². The van der Waals surface area contributed by atoms with Crippen LogP contribution in [0.5, 0.6) is 0 Å². The van der Waals surface area contributed by atoms with Gasteiger partial charge in [0.25, 0.3) is 0 Å². The van der Waals surface area contributed by atoms with E-state index in [0.29, 0.717) is 25.0 Å². The summed E-state index contributed by atoms with van der Waals surface area (Å²) in [6, 6.07) is 0. The fraction of sp³-hybridized carbons (Fsp3) is 0.750. The van der Waals surface area contributed by atoms with E-state index in [0.717, 1.165) is 31.3 Å². The summed E-state index contributed by atoms with van der Waals surface area (Å²) in [6.07, 6.45) is 6.62. The predicted molar refractivity (Wildman–Crippen MR) is 85.2 cm³/mol. The molecule has 1 saturated carbocycles. The minimum absolute atomic E-state index is 0.0570. The van der Waals surface area contributed by atoms with E-state index in [9.17, 15) is 0 Å².